The summed E-state index contributed by atoms with van der Waals surface area (Å²) in [5.74, 6) is 1.15. The van der Waals surface area contributed by atoms with Crippen LogP contribution in [0.5, 0.6) is 5.75 Å². The molecule has 1 aromatic rings. The first-order chi connectivity index (χ1) is 9.97. The molecule has 0 saturated carbocycles. The molecule has 1 amide bonds. The van der Waals surface area contributed by atoms with Gasteiger partial charge in [0.2, 0.25) is 0 Å². The van der Waals surface area contributed by atoms with E-state index in [0.29, 0.717) is 24.6 Å². The average molecular weight is 289 g/mol. The summed E-state index contributed by atoms with van der Waals surface area (Å²) in [5.41, 5.74) is 1.82. The SMILES string of the molecule is CC(C)CNC(=O)C(C)Oc1ccc2c(c1)CCCC2=O. The van der Waals surface area contributed by atoms with E-state index in [9.17, 15) is 9.59 Å². The van der Waals surface area contributed by atoms with Gasteiger partial charge in [0, 0.05) is 18.5 Å². The maximum Gasteiger partial charge on any atom is 0.260 e. The van der Waals surface area contributed by atoms with Crippen molar-refractivity contribution in [3.63, 3.8) is 0 Å². The molecule has 0 radical (unpaired) electrons. The lowest BCUT2D eigenvalue weighted by Crippen LogP contribution is -2.38. The third-order valence-corrected chi connectivity index (χ3v) is 3.59. The number of benzene rings is 1. The lowest BCUT2D eigenvalue weighted by molar-refractivity contribution is -0.127. The number of Topliss-reactive ketones (excluding diaryl/α,β-unsaturated/α-hetero) is 1. The van der Waals surface area contributed by atoms with Crippen LogP contribution in [0.4, 0.5) is 0 Å². The highest BCUT2D eigenvalue weighted by molar-refractivity contribution is 5.98. The number of amides is 1. The Morgan fingerprint density at radius 3 is 2.76 bits per heavy atom. The van der Waals surface area contributed by atoms with Crippen LogP contribution >= 0.6 is 0 Å². The molecule has 21 heavy (non-hydrogen) atoms. The summed E-state index contributed by atoms with van der Waals surface area (Å²) in [7, 11) is 0. The zero-order chi connectivity index (χ0) is 15.4. The normalized spacial score (nSPS) is 15.5. The summed E-state index contributed by atoms with van der Waals surface area (Å²) in [5, 5.41) is 2.85. The van der Waals surface area contributed by atoms with Gasteiger partial charge in [-0.25, -0.2) is 0 Å². The predicted molar refractivity (Wildman–Crippen MR) is 81.6 cm³/mol. The Balaban J connectivity index is 1.99. The first kappa shape index (κ1) is 15.5. The van der Waals surface area contributed by atoms with Gasteiger partial charge in [-0.2, -0.15) is 0 Å². The van der Waals surface area contributed by atoms with E-state index < -0.39 is 6.10 Å². The highest BCUT2D eigenvalue weighted by Gasteiger charge is 2.19. The topological polar surface area (TPSA) is 55.4 Å². The molecule has 0 fully saturated rings. The molecular formula is C17H23NO3. The molecule has 0 aliphatic heterocycles. The van der Waals surface area contributed by atoms with E-state index in [-0.39, 0.29) is 11.7 Å². The van der Waals surface area contributed by atoms with Crippen molar-refractivity contribution in [3.05, 3.63) is 29.3 Å². The first-order valence-corrected chi connectivity index (χ1v) is 7.58. The summed E-state index contributed by atoms with van der Waals surface area (Å²) in [6.07, 6.45) is 1.87. The number of carbonyl (C=O) groups is 2. The van der Waals surface area contributed by atoms with Crippen molar-refractivity contribution < 1.29 is 14.3 Å². The van der Waals surface area contributed by atoms with E-state index in [2.05, 4.69) is 5.32 Å². The van der Waals surface area contributed by atoms with Crippen molar-refractivity contribution in [1.29, 1.82) is 0 Å². The number of nitrogens with one attached hydrogen (secondary N) is 1. The van der Waals surface area contributed by atoms with Gasteiger partial charge >= 0.3 is 0 Å². The number of ether oxygens (including phenoxy) is 1. The van der Waals surface area contributed by atoms with Crippen molar-refractivity contribution in [1.82, 2.24) is 5.32 Å². The first-order valence-electron chi connectivity index (χ1n) is 7.58. The minimum atomic E-state index is -0.541. The number of rotatable bonds is 5. The third-order valence-electron chi connectivity index (χ3n) is 3.59. The molecule has 1 unspecified atom stereocenters. The molecule has 0 heterocycles. The summed E-state index contributed by atoms with van der Waals surface area (Å²) in [6, 6.07) is 5.47. The average Bonchev–Trinajstić information content (AvgIpc) is 2.44. The monoisotopic (exact) mass is 289 g/mol. The molecule has 0 spiro atoms. The van der Waals surface area contributed by atoms with Gasteiger partial charge in [0.25, 0.3) is 5.91 Å². The van der Waals surface area contributed by atoms with E-state index in [1.165, 1.54) is 0 Å². The molecule has 0 saturated heterocycles. The number of carbonyl (C=O) groups excluding carboxylic acids is 2. The second-order valence-corrected chi connectivity index (χ2v) is 5.99. The van der Waals surface area contributed by atoms with Crippen molar-refractivity contribution in [2.45, 2.75) is 46.1 Å². The highest BCUT2D eigenvalue weighted by atomic mass is 16.5. The third kappa shape index (κ3) is 4.06. The van der Waals surface area contributed by atoms with Gasteiger partial charge in [-0.1, -0.05) is 13.8 Å². The van der Waals surface area contributed by atoms with E-state index in [0.717, 1.165) is 24.0 Å². The Morgan fingerprint density at radius 1 is 1.29 bits per heavy atom. The fraction of sp³-hybridized carbons (Fsp3) is 0.529. The zero-order valence-corrected chi connectivity index (χ0v) is 12.9. The minimum absolute atomic E-state index is 0.113. The van der Waals surface area contributed by atoms with Crippen LogP contribution in [0, 0.1) is 5.92 Å². The van der Waals surface area contributed by atoms with E-state index in [4.69, 9.17) is 4.74 Å². The molecule has 1 aliphatic rings. The molecule has 0 bridgehead atoms. The molecule has 0 aromatic heterocycles. The van der Waals surface area contributed by atoms with Crippen molar-refractivity contribution in [3.8, 4) is 5.75 Å². The van der Waals surface area contributed by atoms with E-state index in [1.807, 2.05) is 26.0 Å². The summed E-state index contributed by atoms with van der Waals surface area (Å²) in [6.45, 7) is 6.48. The van der Waals surface area contributed by atoms with Gasteiger partial charge in [0.1, 0.15) is 5.75 Å². The number of ketones is 1. The Labute approximate surface area is 125 Å². The molecule has 1 aromatic carbocycles. The largest absolute Gasteiger partial charge is 0.481 e. The molecule has 114 valence electrons. The lowest BCUT2D eigenvalue weighted by Gasteiger charge is -2.19. The van der Waals surface area contributed by atoms with E-state index >= 15 is 0 Å². The van der Waals surface area contributed by atoms with Crippen LogP contribution in [0.3, 0.4) is 0 Å². The lowest BCUT2D eigenvalue weighted by atomic mass is 9.90. The van der Waals surface area contributed by atoms with Crippen molar-refractivity contribution >= 4 is 11.7 Å². The molecule has 4 nitrogen and oxygen atoms in total. The van der Waals surface area contributed by atoms with Crippen molar-refractivity contribution in [2.75, 3.05) is 6.54 Å². The molecular weight excluding hydrogens is 266 g/mol. The quantitative estimate of drug-likeness (QED) is 0.906. The number of hydrogen-bond donors (Lipinski definition) is 1. The molecule has 2 rings (SSSR count). The summed E-state index contributed by atoms with van der Waals surface area (Å²) < 4.78 is 5.69. The van der Waals surface area contributed by atoms with Gasteiger partial charge in [-0.15, -0.1) is 0 Å². The molecule has 4 heteroatoms. The minimum Gasteiger partial charge on any atom is -0.481 e. The van der Waals surface area contributed by atoms with Gasteiger partial charge in [0.05, 0.1) is 0 Å². The highest BCUT2D eigenvalue weighted by Crippen LogP contribution is 2.25. The molecule has 1 N–H and O–H groups in total. The number of fused-ring (bicyclic) bond motifs is 1. The Bertz CT molecular complexity index is 537. The second kappa shape index (κ2) is 6.74. The van der Waals surface area contributed by atoms with Gasteiger partial charge in [0.15, 0.2) is 11.9 Å². The Kier molecular flexibility index (Phi) is 4.99. The van der Waals surface area contributed by atoms with Crippen molar-refractivity contribution in [2.24, 2.45) is 5.92 Å². The number of hydrogen-bond acceptors (Lipinski definition) is 3. The Morgan fingerprint density at radius 2 is 2.05 bits per heavy atom. The number of aryl methyl sites for hydroxylation is 1. The van der Waals surface area contributed by atoms with Crippen LogP contribution in [0.25, 0.3) is 0 Å². The van der Waals surface area contributed by atoms with Gasteiger partial charge in [-0.3, -0.25) is 9.59 Å². The fourth-order valence-corrected chi connectivity index (χ4v) is 2.40. The maximum absolute atomic E-state index is 11.9. The fourth-order valence-electron chi connectivity index (χ4n) is 2.40. The Hall–Kier alpha value is -1.84. The van der Waals surface area contributed by atoms with Crippen LogP contribution in [0.2, 0.25) is 0 Å². The van der Waals surface area contributed by atoms with Crippen LogP contribution in [0.15, 0.2) is 18.2 Å². The summed E-state index contributed by atoms with van der Waals surface area (Å²) >= 11 is 0. The van der Waals surface area contributed by atoms with Gasteiger partial charge in [-0.05, 0) is 49.4 Å². The van der Waals surface area contributed by atoms with Crippen LogP contribution in [-0.4, -0.2) is 24.3 Å². The van der Waals surface area contributed by atoms with Crippen LogP contribution in [-0.2, 0) is 11.2 Å². The van der Waals surface area contributed by atoms with Crippen LogP contribution < -0.4 is 10.1 Å². The maximum atomic E-state index is 11.9. The van der Waals surface area contributed by atoms with Crippen LogP contribution in [0.1, 0.15) is 49.5 Å². The second-order valence-electron chi connectivity index (χ2n) is 5.99. The zero-order valence-electron chi connectivity index (χ0n) is 12.9. The standard InChI is InChI=1S/C17H23NO3/c1-11(2)10-18-17(20)12(3)21-14-7-8-15-13(9-14)5-4-6-16(15)19/h7-9,11-12H,4-6,10H2,1-3H3,(H,18,20). The smallest absolute Gasteiger partial charge is 0.260 e. The van der Waals surface area contributed by atoms with Gasteiger partial charge < -0.3 is 10.1 Å². The van der Waals surface area contributed by atoms with E-state index in [1.54, 1.807) is 13.0 Å². The summed E-state index contributed by atoms with van der Waals surface area (Å²) in [4.78, 5) is 23.7. The molecule has 1 aliphatic carbocycles. The predicted octanol–water partition coefficient (Wildman–Crippen LogP) is 2.75. The molecule has 1 atom stereocenters.